The van der Waals surface area contributed by atoms with Gasteiger partial charge >= 0.3 is 0 Å². The van der Waals surface area contributed by atoms with Gasteiger partial charge in [-0.2, -0.15) is 0 Å². The van der Waals surface area contributed by atoms with Gasteiger partial charge in [-0.25, -0.2) is 0 Å². The zero-order chi connectivity index (χ0) is 60.7. The number of unbranched alkanes of at least 4 members (excludes halogenated alkanes) is 3. The molecule has 0 rings (SSSR count). The Morgan fingerprint density at radius 3 is 1.27 bits per heavy atom. The molecule has 0 aromatic carbocycles. The second-order valence-corrected chi connectivity index (χ2v) is 20.9. The fourth-order valence-corrected chi connectivity index (χ4v) is 7.25. The lowest BCUT2D eigenvalue weighted by atomic mass is 10.0. The number of rotatable bonds is 52. The molecule has 9 amide bonds. The number of nitrogens with two attached hydrogens (primary N) is 2. The van der Waals surface area contributed by atoms with E-state index in [9.17, 15) is 43.2 Å². The minimum Gasteiger partial charge on any atom is -0.411 e. The minimum atomic E-state index is -0.873. The maximum Gasteiger partial charge on any atom is 0.246 e. The Morgan fingerprint density at radius 2 is 0.829 bits per heavy atom. The summed E-state index contributed by atoms with van der Waals surface area (Å²) in [5.41, 5.74) is 9.22. The van der Waals surface area contributed by atoms with Gasteiger partial charge in [0.1, 0.15) is 19.3 Å². The molecule has 15 N–H and O–H groups in total. The maximum atomic E-state index is 13.3. The summed E-state index contributed by atoms with van der Waals surface area (Å²) < 4.78 is 21.4. The largest absolute Gasteiger partial charge is 0.411 e. The van der Waals surface area contributed by atoms with E-state index >= 15 is 0 Å². The second-order valence-electron chi connectivity index (χ2n) is 20.9. The summed E-state index contributed by atoms with van der Waals surface area (Å²) in [6, 6.07) is -1.31. The highest BCUT2D eigenvalue weighted by Gasteiger charge is 2.24. The summed E-state index contributed by atoms with van der Waals surface area (Å²) >= 11 is 0. The molecule has 474 valence electrons. The summed E-state index contributed by atoms with van der Waals surface area (Å²) in [7, 11) is 0. The molecule has 0 saturated carbocycles. The topological polar surface area (TPSA) is 416 Å². The Bertz CT molecular complexity index is 1870. The van der Waals surface area contributed by atoms with E-state index in [-0.39, 0.29) is 178 Å². The summed E-state index contributed by atoms with van der Waals surface area (Å²) in [6.45, 7) is 14.0. The highest BCUT2D eigenvalue weighted by molar-refractivity contribution is 5.88. The number of nitrogens with zero attached hydrogens (tertiary/aromatic N) is 2. The molecule has 0 unspecified atom stereocenters. The van der Waals surface area contributed by atoms with Crippen molar-refractivity contribution < 1.29 is 72.5 Å². The SMILES string of the molecule is C.C[C@@H](CCCCNC(=O)COCCOCCNC(=O)COCCOCCNC(=O)CCCC(=O)NCCCC[C@H](NC(=O)CCCC(=O)NC(CNC(C)(C)/C=N/O)CNC(C)(C)/C=N/O)C(=O)NCCCC[C@H](C)C(N)=O)C(N)=O. The number of carbonyl (C=O) groups is 9. The van der Waals surface area contributed by atoms with E-state index in [1.165, 1.54) is 12.4 Å². The van der Waals surface area contributed by atoms with Crippen molar-refractivity contribution in [2.24, 2.45) is 33.6 Å². The van der Waals surface area contributed by atoms with Gasteiger partial charge in [0.15, 0.2) is 0 Å². The van der Waals surface area contributed by atoms with Crippen molar-refractivity contribution in [1.29, 1.82) is 0 Å². The third-order valence-electron chi connectivity index (χ3n) is 12.3. The fourth-order valence-electron chi connectivity index (χ4n) is 7.25. The lowest BCUT2D eigenvalue weighted by molar-refractivity contribution is -0.129. The first kappa shape index (κ1) is 78.0. The van der Waals surface area contributed by atoms with E-state index in [0.717, 1.165) is 12.8 Å². The molecule has 0 aliphatic heterocycles. The molecule has 3 atom stereocenters. The van der Waals surface area contributed by atoms with E-state index in [1.54, 1.807) is 41.5 Å². The average molecular weight is 1170 g/mol. The molecule has 28 nitrogen and oxygen atoms in total. The molecule has 0 radical (unpaired) electrons. The van der Waals surface area contributed by atoms with Crippen molar-refractivity contribution in [1.82, 2.24) is 47.9 Å². The van der Waals surface area contributed by atoms with Crippen LogP contribution in [0, 0.1) is 11.8 Å². The van der Waals surface area contributed by atoms with Gasteiger partial charge in [-0.05, 0) is 85.5 Å². The van der Waals surface area contributed by atoms with Crippen LogP contribution in [-0.4, -0.2) is 198 Å². The number of ether oxygens (including phenoxy) is 4. The van der Waals surface area contributed by atoms with Crippen LogP contribution in [0.5, 0.6) is 0 Å². The van der Waals surface area contributed by atoms with Crippen LogP contribution in [0.4, 0.5) is 0 Å². The molecule has 0 saturated heterocycles. The lowest BCUT2D eigenvalue weighted by Crippen LogP contribution is -2.55. The van der Waals surface area contributed by atoms with Crippen LogP contribution in [0.2, 0.25) is 0 Å². The number of carbonyl (C=O) groups excluding carboxylic acids is 9. The highest BCUT2D eigenvalue weighted by atomic mass is 16.5. The minimum absolute atomic E-state index is 0. The van der Waals surface area contributed by atoms with Crippen molar-refractivity contribution in [3.05, 3.63) is 0 Å². The van der Waals surface area contributed by atoms with Gasteiger partial charge in [-0.15, -0.1) is 10.3 Å². The number of hydrogen-bond donors (Lipinski definition) is 13. The third-order valence-corrected chi connectivity index (χ3v) is 12.3. The number of primary amides is 2. The van der Waals surface area contributed by atoms with Crippen LogP contribution >= 0.6 is 0 Å². The van der Waals surface area contributed by atoms with Crippen LogP contribution in [0.3, 0.4) is 0 Å². The van der Waals surface area contributed by atoms with Crippen molar-refractivity contribution in [3.8, 4) is 0 Å². The molecule has 0 aliphatic rings. The quantitative estimate of drug-likeness (QED) is 0.0165. The fraction of sp³-hybridized carbons (Fsp3) is 0.796. The molecule has 0 fully saturated rings. The Labute approximate surface area is 485 Å². The molecular formula is C54H103N13O15. The standard InChI is InChI=1S/C53H99N13O15.CH4/c1-39(49(54)73)15-7-10-23-57-47(71)35-80-31-30-79-28-26-59-48(72)36-81-32-29-78-27-25-58-44(68)19-13-18-43(67)56-22-12-9-17-42(51(75)60-24-11-8-16-40(2)50(55)74)66-46(70)21-14-20-45(69)65-41(33-61-52(3,4)37-63-76)34-62-53(5,6)38-64-77;/h37-42,61-62,76-77H,7-36H2,1-6H3,(H2,54,73)(H2,55,74)(H,56,67)(H,57,71)(H,58,68)(H,59,72)(H,60,75)(H,65,69)(H,66,70);1H4/b63-37+,64-38+;/t39-,40-,42-;/m0./s1. The molecule has 28 heteroatoms. The van der Waals surface area contributed by atoms with Gasteiger partial charge in [0.25, 0.3) is 0 Å². The molecule has 0 aromatic rings. The summed E-state index contributed by atoms with van der Waals surface area (Å²) in [5.74, 6) is -3.34. The van der Waals surface area contributed by atoms with E-state index in [0.29, 0.717) is 64.6 Å². The summed E-state index contributed by atoms with van der Waals surface area (Å²) in [6.07, 6.45) is 8.74. The van der Waals surface area contributed by atoms with E-state index in [4.69, 9.17) is 40.8 Å². The lowest BCUT2D eigenvalue weighted by Gasteiger charge is -2.29. The molecular weight excluding hydrogens is 1070 g/mol. The van der Waals surface area contributed by atoms with E-state index in [1.807, 2.05) is 0 Å². The van der Waals surface area contributed by atoms with E-state index < -0.39 is 35.0 Å². The van der Waals surface area contributed by atoms with Crippen LogP contribution in [-0.2, 0) is 62.1 Å². The van der Waals surface area contributed by atoms with Crippen molar-refractivity contribution in [3.63, 3.8) is 0 Å². The normalized spacial score (nSPS) is 12.7. The monoisotopic (exact) mass is 1170 g/mol. The van der Waals surface area contributed by atoms with Gasteiger partial charge in [0.05, 0.1) is 69.2 Å². The predicted molar refractivity (Wildman–Crippen MR) is 310 cm³/mol. The molecule has 0 spiro atoms. The first-order valence-electron chi connectivity index (χ1n) is 28.2. The number of amides is 9. The number of hydrogen-bond acceptors (Lipinski definition) is 19. The van der Waals surface area contributed by atoms with Gasteiger partial charge in [-0.1, -0.05) is 34.1 Å². The van der Waals surface area contributed by atoms with Crippen molar-refractivity contribution in [2.45, 2.75) is 168 Å². The summed E-state index contributed by atoms with van der Waals surface area (Å²) in [4.78, 5) is 110. The molecule has 82 heavy (non-hydrogen) atoms. The Kier molecular flexibility index (Phi) is 46.1. The molecule has 0 aromatic heterocycles. The molecule has 0 heterocycles. The number of oxime groups is 2. The van der Waals surface area contributed by atoms with Crippen LogP contribution < -0.4 is 59.3 Å². The zero-order valence-corrected chi connectivity index (χ0v) is 48.9. The van der Waals surface area contributed by atoms with Gasteiger partial charge < -0.3 is 88.7 Å². The van der Waals surface area contributed by atoms with Crippen LogP contribution in [0.15, 0.2) is 10.3 Å². The van der Waals surface area contributed by atoms with Crippen molar-refractivity contribution in [2.75, 3.05) is 98.7 Å². The van der Waals surface area contributed by atoms with E-state index in [2.05, 4.69) is 58.2 Å². The first-order chi connectivity index (χ1) is 38.5. The average Bonchev–Trinajstić information content (AvgIpc) is 3.40. The smallest absolute Gasteiger partial charge is 0.246 e. The molecule has 0 bridgehead atoms. The van der Waals surface area contributed by atoms with Gasteiger partial charge in [-0.3, -0.25) is 43.2 Å². The highest BCUT2D eigenvalue weighted by Crippen LogP contribution is 2.09. The number of nitrogens with one attached hydrogen (secondary N) is 9. The Balaban J connectivity index is 0. The Morgan fingerprint density at radius 1 is 0.463 bits per heavy atom. The molecule has 0 aliphatic carbocycles. The van der Waals surface area contributed by atoms with Crippen LogP contribution in [0.25, 0.3) is 0 Å². The zero-order valence-electron chi connectivity index (χ0n) is 48.9. The first-order valence-corrected chi connectivity index (χ1v) is 28.2. The Hall–Kier alpha value is -6.07. The van der Waals surface area contributed by atoms with Gasteiger partial charge in [0.2, 0.25) is 53.2 Å². The van der Waals surface area contributed by atoms with Crippen molar-refractivity contribution >= 4 is 65.6 Å². The second kappa shape index (κ2) is 48.5. The van der Waals surface area contributed by atoms with Gasteiger partial charge in [0, 0.05) is 83.3 Å². The summed E-state index contributed by atoms with van der Waals surface area (Å²) in [5, 5.41) is 50.2. The van der Waals surface area contributed by atoms with Crippen LogP contribution in [0.1, 0.15) is 145 Å². The maximum absolute atomic E-state index is 13.3. The predicted octanol–water partition coefficient (Wildman–Crippen LogP) is -0.00980. The third kappa shape index (κ3) is 46.5.